The fraction of sp³-hybridized carbons (Fsp3) is 0.263. The highest BCUT2D eigenvalue weighted by atomic mass is 35.5. The molecule has 0 N–H and O–H groups in total. The van der Waals surface area contributed by atoms with Crippen LogP contribution in [0.1, 0.15) is 29.8 Å². The number of para-hydroxylation sites is 1. The number of likely N-dealkylation sites (tertiary alicyclic amines) is 1. The van der Waals surface area contributed by atoms with Crippen molar-refractivity contribution in [3.63, 3.8) is 0 Å². The highest BCUT2D eigenvalue weighted by Gasteiger charge is 2.25. The van der Waals surface area contributed by atoms with Crippen molar-refractivity contribution in [1.82, 2.24) is 14.7 Å². The van der Waals surface area contributed by atoms with Gasteiger partial charge in [0.15, 0.2) is 5.76 Å². The normalized spacial score (nSPS) is 14.7. The molecule has 6 heteroatoms. The number of amides is 1. The SMILES string of the molecule is O=C(c1cc(-c2ccco2)nn1-c1ccccc1Cl)N1CCCCC1. The summed E-state index contributed by atoms with van der Waals surface area (Å²) < 4.78 is 7.07. The number of carbonyl (C=O) groups is 1. The standard InChI is InChI=1S/C19H18ClN3O2/c20-14-7-2-3-8-16(14)23-17(19(24)22-10-4-1-5-11-22)13-15(21-23)18-9-6-12-25-18/h2-3,6-9,12-13H,1,4-5,10-11H2. The number of rotatable bonds is 3. The summed E-state index contributed by atoms with van der Waals surface area (Å²) in [6.07, 6.45) is 4.84. The highest BCUT2D eigenvalue weighted by Crippen LogP contribution is 2.27. The number of carbonyl (C=O) groups excluding carboxylic acids is 1. The second-order valence-electron chi connectivity index (χ2n) is 6.11. The highest BCUT2D eigenvalue weighted by molar-refractivity contribution is 6.32. The van der Waals surface area contributed by atoms with Crippen LogP contribution in [0.3, 0.4) is 0 Å². The molecule has 0 unspecified atom stereocenters. The Bertz CT molecular complexity index is 880. The number of halogens is 1. The summed E-state index contributed by atoms with van der Waals surface area (Å²) in [4.78, 5) is 15.0. The summed E-state index contributed by atoms with van der Waals surface area (Å²) in [5.74, 6) is 0.600. The first kappa shape index (κ1) is 16.0. The van der Waals surface area contributed by atoms with E-state index in [1.165, 1.54) is 6.42 Å². The first-order valence-corrected chi connectivity index (χ1v) is 8.80. The summed E-state index contributed by atoms with van der Waals surface area (Å²) in [5.41, 5.74) is 1.80. The number of benzene rings is 1. The summed E-state index contributed by atoms with van der Waals surface area (Å²) in [7, 11) is 0. The smallest absolute Gasteiger partial charge is 0.272 e. The summed E-state index contributed by atoms with van der Waals surface area (Å²) in [6, 6.07) is 12.8. The molecule has 0 saturated carbocycles. The molecule has 1 fully saturated rings. The lowest BCUT2D eigenvalue weighted by Crippen LogP contribution is -2.36. The monoisotopic (exact) mass is 355 g/mol. The van der Waals surface area contributed by atoms with E-state index in [4.69, 9.17) is 16.0 Å². The molecule has 0 spiro atoms. The average molecular weight is 356 g/mol. The first-order chi connectivity index (χ1) is 12.2. The van der Waals surface area contributed by atoms with Gasteiger partial charge >= 0.3 is 0 Å². The van der Waals surface area contributed by atoms with Crippen molar-refractivity contribution in [2.75, 3.05) is 13.1 Å². The van der Waals surface area contributed by atoms with Gasteiger partial charge in [-0.05, 0) is 43.5 Å². The van der Waals surface area contributed by atoms with E-state index in [-0.39, 0.29) is 5.91 Å². The number of hydrogen-bond donors (Lipinski definition) is 0. The third kappa shape index (κ3) is 3.07. The molecule has 0 aliphatic carbocycles. The Labute approximate surface area is 150 Å². The lowest BCUT2D eigenvalue weighted by Gasteiger charge is -2.26. The molecule has 4 rings (SSSR count). The molecule has 1 amide bonds. The van der Waals surface area contributed by atoms with Crippen LogP contribution in [0.5, 0.6) is 0 Å². The van der Waals surface area contributed by atoms with E-state index >= 15 is 0 Å². The topological polar surface area (TPSA) is 51.3 Å². The minimum Gasteiger partial charge on any atom is -0.463 e. The van der Waals surface area contributed by atoms with E-state index in [9.17, 15) is 4.79 Å². The van der Waals surface area contributed by atoms with E-state index < -0.39 is 0 Å². The third-order valence-corrected chi connectivity index (χ3v) is 4.75. The van der Waals surface area contributed by atoms with E-state index in [1.54, 1.807) is 29.1 Å². The van der Waals surface area contributed by atoms with Gasteiger partial charge in [0.1, 0.15) is 11.4 Å². The van der Waals surface area contributed by atoms with E-state index in [1.807, 2.05) is 29.2 Å². The molecule has 3 heterocycles. The van der Waals surface area contributed by atoms with Gasteiger partial charge in [0.05, 0.1) is 17.0 Å². The van der Waals surface area contributed by atoms with Crippen molar-refractivity contribution < 1.29 is 9.21 Å². The minimum atomic E-state index is -0.0232. The van der Waals surface area contributed by atoms with Gasteiger partial charge in [-0.25, -0.2) is 4.68 Å². The van der Waals surface area contributed by atoms with Crippen LogP contribution in [0.25, 0.3) is 17.1 Å². The van der Waals surface area contributed by atoms with Gasteiger partial charge in [-0.2, -0.15) is 5.10 Å². The van der Waals surface area contributed by atoms with E-state index in [2.05, 4.69) is 5.10 Å². The zero-order valence-electron chi connectivity index (χ0n) is 13.7. The summed E-state index contributed by atoms with van der Waals surface area (Å²) in [6.45, 7) is 1.56. The van der Waals surface area contributed by atoms with Crippen LogP contribution in [0.4, 0.5) is 0 Å². The maximum Gasteiger partial charge on any atom is 0.272 e. The molecule has 1 aliphatic rings. The van der Waals surface area contributed by atoms with Gasteiger partial charge in [0, 0.05) is 19.2 Å². The predicted octanol–water partition coefficient (Wildman–Crippen LogP) is 4.41. The average Bonchev–Trinajstić information content (AvgIpc) is 3.32. The summed E-state index contributed by atoms with van der Waals surface area (Å²) in [5, 5.41) is 5.14. The van der Waals surface area contributed by atoms with Crippen LogP contribution in [-0.4, -0.2) is 33.7 Å². The van der Waals surface area contributed by atoms with Crippen LogP contribution in [-0.2, 0) is 0 Å². The maximum atomic E-state index is 13.1. The molecule has 2 aromatic heterocycles. The Kier molecular flexibility index (Phi) is 4.32. The number of hydrogen-bond acceptors (Lipinski definition) is 3. The molecule has 25 heavy (non-hydrogen) atoms. The Morgan fingerprint density at radius 1 is 1.08 bits per heavy atom. The van der Waals surface area contributed by atoms with Crippen LogP contribution in [0.2, 0.25) is 5.02 Å². The lowest BCUT2D eigenvalue weighted by molar-refractivity contribution is 0.0715. The molecular weight excluding hydrogens is 338 g/mol. The molecule has 128 valence electrons. The number of furan rings is 1. The molecule has 1 aromatic carbocycles. The van der Waals surface area contributed by atoms with Crippen molar-refractivity contribution in [2.45, 2.75) is 19.3 Å². The zero-order chi connectivity index (χ0) is 17.2. The Hall–Kier alpha value is -2.53. The second-order valence-corrected chi connectivity index (χ2v) is 6.52. The zero-order valence-corrected chi connectivity index (χ0v) is 14.4. The van der Waals surface area contributed by atoms with Gasteiger partial charge in [-0.1, -0.05) is 23.7 Å². The van der Waals surface area contributed by atoms with Gasteiger partial charge in [0.2, 0.25) is 0 Å². The fourth-order valence-electron chi connectivity index (χ4n) is 3.14. The van der Waals surface area contributed by atoms with Gasteiger partial charge in [0.25, 0.3) is 5.91 Å². The Morgan fingerprint density at radius 3 is 2.60 bits per heavy atom. The molecule has 1 aliphatic heterocycles. The maximum absolute atomic E-state index is 13.1. The molecule has 5 nitrogen and oxygen atoms in total. The number of piperidine rings is 1. The first-order valence-electron chi connectivity index (χ1n) is 8.42. The minimum absolute atomic E-state index is 0.0232. The molecule has 0 bridgehead atoms. The van der Waals surface area contributed by atoms with Gasteiger partial charge in [-0.15, -0.1) is 0 Å². The summed E-state index contributed by atoms with van der Waals surface area (Å²) >= 11 is 6.35. The Balaban J connectivity index is 1.81. The number of nitrogens with zero attached hydrogens (tertiary/aromatic N) is 3. The molecular formula is C19H18ClN3O2. The van der Waals surface area contributed by atoms with Gasteiger partial charge in [-0.3, -0.25) is 4.79 Å². The Morgan fingerprint density at radius 2 is 1.88 bits per heavy atom. The second kappa shape index (κ2) is 6.76. The number of aromatic nitrogens is 2. The van der Waals surface area contributed by atoms with Gasteiger partial charge < -0.3 is 9.32 Å². The van der Waals surface area contributed by atoms with E-state index in [0.29, 0.717) is 27.9 Å². The van der Waals surface area contributed by atoms with Crippen LogP contribution in [0, 0.1) is 0 Å². The van der Waals surface area contributed by atoms with Crippen molar-refractivity contribution in [2.24, 2.45) is 0 Å². The largest absolute Gasteiger partial charge is 0.463 e. The molecule has 0 radical (unpaired) electrons. The molecule has 1 saturated heterocycles. The van der Waals surface area contributed by atoms with E-state index in [0.717, 1.165) is 25.9 Å². The van der Waals surface area contributed by atoms with Crippen LogP contribution < -0.4 is 0 Å². The van der Waals surface area contributed by atoms with Crippen molar-refractivity contribution in [1.29, 1.82) is 0 Å². The predicted molar refractivity (Wildman–Crippen MR) is 96.0 cm³/mol. The van der Waals surface area contributed by atoms with Crippen molar-refractivity contribution >= 4 is 17.5 Å². The van der Waals surface area contributed by atoms with Crippen molar-refractivity contribution in [3.8, 4) is 17.1 Å². The van der Waals surface area contributed by atoms with Crippen molar-refractivity contribution in [3.05, 3.63) is 59.4 Å². The third-order valence-electron chi connectivity index (χ3n) is 4.43. The van der Waals surface area contributed by atoms with Crippen LogP contribution in [0.15, 0.2) is 53.1 Å². The van der Waals surface area contributed by atoms with Crippen LogP contribution >= 0.6 is 11.6 Å². The quantitative estimate of drug-likeness (QED) is 0.699. The molecule has 0 atom stereocenters. The molecule has 3 aromatic rings. The lowest BCUT2D eigenvalue weighted by atomic mass is 10.1. The fourth-order valence-corrected chi connectivity index (χ4v) is 3.36.